The Kier molecular flexibility index (Phi) is 4.32. The van der Waals surface area contributed by atoms with Gasteiger partial charge in [0.05, 0.1) is 21.3 Å². The van der Waals surface area contributed by atoms with Gasteiger partial charge < -0.3 is 5.32 Å². The van der Waals surface area contributed by atoms with Crippen LogP contribution < -0.4 is 5.32 Å². The largest absolute Gasteiger partial charge is 0.416 e. The summed E-state index contributed by atoms with van der Waals surface area (Å²) in [5.74, 6) is -0.0750. The van der Waals surface area contributed by atoms with Crippen LogP contribution in [-0.2, 0) is 6.18 Å². The van der Waals surface area contributed by atoms with Crippen molar-refractivity contribution in [3.05, 3.63) is 51.1 Å². The first-order chi connectivity index (χ1) is 9.27. The molecule has 0 radical (unpaired) electrons. The monoisotopic (exact) mass is 340 g/mol. The molecule has 1 aromatic heterocycles. The van der Waals surface area contributed by atoms with E-state index in [1.807, 2.05) is 0 Å². The number of aromatic nitrogens is 1. The predicted molar refractivity (Wildman–Crippen MR) is 74.0 cm³/mol. The molecule has 2 rings (SSSR count). The summed E-state index contributed by atoms with van der Waals surface area (Å²) >= 11 is 17.3. The van der Waals surface area contributed by atoms with Gasteiger partial charge in [-0.2, -0.15) is 13.2 Å². The number of nitrogens with zero attached hydrogens (tertiary/aromatic N) is 1. The molecule has 0 saturated carbocycles. The molecular weight excluding hydrogens is 335 g/mol. The van der Waals surface area contributed by atoms with Gasteiger partial charge in [0.25, 0.3) is 0 Å². The van der Waals surface area contributed by atoms with Gasteiger partial charge in [-0.1, -0.05) is 40.9 Å². The van der Waals surface area contributed by atoms with Crippen LogP contribution in [0.2, 0.25) is 15.2 Å². The molecule has 0 fully saturated rings. The highest BCUT2D eigenvalue weighted by atomic mass is 35.5. The van der Waals surface area contributed by atoms with Crippen molar-refractivity contribution in [3.63, 3.8) is 0 Å². The fraction of sp³-hybridized carbons (Fsp3) is 0.0833. The number of pyridine rings is 1. The number of hydrogen-bond donors (Lipinski definition) is 1. The van der Waals surface area contributed by atoms with E-state index >= 15 is 0 Å². The average molecular weight is 342 g/mol. The molecule has 1 heterocycles. The third-order valence-electron chi connectivity index (χ3n) is 2.34. The second kappa shape index (κ2) is 5.68. The Morgan fingerprint density at radius 3 is 2.40 bits per heavy atom. The van der Waals surface area contributed by atoms with Crippen molar-refractivity contribution in [2.75, 3.05) is 5.32 Å². The molecule has 0 saturated heterocycles. The highest BCUT2D eigenvalue weighted by molar-refractivity contribution is 6.43. The zero-order valence-corrected chi connectivity index (χ0v) is 11.9. The summed E-state index contributed by atoms with van der Waals surface area (Å²) in [5.41, 5.74) is -0.569. The van der Waals surface area contributed by atoms with Crippen LogP contribution in [0, 0.1) is 0 Å². The third kappa shape index (κ3) is 3.48. The molecule has 2 nitrogen and oxygen atoms in total. The van der Waals surface area contributed by atoms with Gasteiger partial charge >= 0.3 is 6.18 Å². The van der Waals surface area contributed by atoms with Gasteiger partial charge in [0.15, 0.2) is 0 Å². The molecule has 2 aromatic rings. The van der Waals surface area contributed by atoms with Gasteiger partial charge in [0.2, 0.25) is 0 Å². The van der Waals surface area contributed by atoms with Gasteiger partial charge in [-0.25, -0.2) is 4.98 Å². The maximum atomic E-state index is 12.7. The second-order valence-corrected chi connectivity index (χ2v) is 4.96. The molecule has 0 amide bonds. The van der Waals surface area contributed by atoms with Crippen LogP contribution in [0.4, 0.5) is 24.7 Å². The molecule has 106 valence electrons. The first kappa shape index (κ1) is 15.2. The first-order valence-corrected chi connectivity index (χ1v) is 6.36. The van der Waals surface area contributed by atoms with Gasteiger partial charge in [0, 0.05) is 0 Å². The molecule has 1 aromatic carbocycles. The first-order valence-electron chi connectivity index (χ1n) is 5.23. The van der Waals surface area contributed by atoms with Crippen molar-refractivity contribution < 1.29 is 13.2 Å². The molecule has 0 aliphatic carbocycles. The molecule has 0 atom stereocenters. The predicted octanol–water partition coefficient (Wildman–Crippen LogP) is 5.80. The normalized spacial score (nSPS) is 11.5. The molecule has 0 aliphatic rings. The Bertz CT molecular complexity index is 644. The summed E-state index contributed by atoms with van der Waals surface area (Å²) in [6.07, 6.45) is -4.51. The Morgan fingerprint density at radius 1 is 1.05 bits per heavy atom. The fourth-order valence-electron chi connectivity index (χ4n) is 1.46. The molecule has 0 unspecified atom stereocenters. The molecule has 0 bridgehead atoms. The van der Waals surface area contributed by atoms with Crippen molar-refractivity contribution in [1.82, 2.24) is 4.98 Å². The maximum absolute atomic E-state index is 12.7. The Morgan fingerprint density at radius 2 is 1.75 bits per heavy atom. The molecular formula is C12H6Cl3F3N2. The summed E-state index contributed by atoms with van der Waals surface area (Å²) < 4.78 is 38.0. The number of anilines is 2. The number of halogens is 6. The van der Waals surface area contributed by atoms with E-state index in [4.69, 9.17) is 34.8 Å². The summed E-state index contributed by atoms with van der Waals surface area (Å²) in [5, 5.41) is 2.83. The van der Waals surface area contributed by atoms with E-state index in [2.05, 4.69) is 10.3 Å². The van der Waals surface area contributed by atoms with Crippen molar-refractivity contribution in [2.45, 2.75) is 6.18 Å². The molecule has 0 aliphatic heterocycles. The summed E-state index contributed by atoms with van der Waals surface area (Å²) in [6.45, 7) is 0. The highest BCUT2D eigenvalue weighted by Crippen LogP contribution is 2.35. The molecule has 20 heavy (non-hydrogen) atoms. The number of hydrogen-bond acceptors (Lipinski definition) is 2. The van der Waals surface area contributed by atoms with Crippen molar-refractivity contribution in [3.8, 4) is 0 Å². The van der Waals surface area contributed by atoms with Crippen LogP contribution in [0.1, 0.15) is 5.56 Å². The van der Waals surface area contributed by atoms with E-state index in [0.717, 1.165) is 12.1 Å². The van der Waals surface area contributed by atoms with Crippen LogP contribution in [0.3, 0.4) is 0 Å². The van der Waals surface area contributed by atoms with E-state index in [1.165, 1.54) is 0 Å². The van der Waals surface area contributed by atoms with Crippen molar-refractivity contribution in [2.24, 2.45) is 0 Å². The summed E-state index contributed by atoms with van der Waals surface area (Å²) in [7, 11) is 0. The Labute approximate surface area is 127 Å². The van der Waals surface area contributed by atoms with Crippen LogP contribution in [0.15, 0.2) is 30.3 Å². The third-order valence-corrected chi connectivity index (χ3v) is 3.35. The van der Waals surface area contributed by atoms with E-state index in [9.17, 15) is 13.2 Å². The average Bonchev–Trinajstić information content (AvgIpc) is 2.33. The van der Waals surface area contributed by atoms with E-state index < -0.39 is 11.7 Å². The van der Waals surface area contributed by atoms with Gasteiger partial charge in [0.1, 0.15) is 11.0 Å². The Hall–Kier alpha value is -1.17. The van der Waals surface area contributed by atoms with Crippen LogP contribution in [0.25, 0.3) is 0 Å². The molecule has 1 N–H and O–H groups in total. The van der Waals surface area contributed by atoms with Crippen molar-refractivity contribution in [1.29, 1.82) is 0 Å². The van der Waals surface area contributed by atoms with Gasteiger partial charge in [-0.05, 0) is 24.3 Å². The van der Waals surface area contributed by atoms with Gasteiger partial charge in [-0.3, -0.25) is 0 Å². The zero-order valence-electron chi connectivity index (χ0n) is 9.60. The minimum absolute atomic E-state index is 0.0750. The standard InChI is InChI=1S/C12H6Cl3F3N2/c13-7-2-1-3-8(11(7)15)19-10-5-6(12(16,17)18)4-9(14)20-10/h1-5H,(H,19,20). The SMILES string of the molecule is FC(F)(F)c1cc(Cl)nc(Nc2cccc(Cl)c2Cl)c1. The topological polar surface area (TPSA) is 24.9 Å². The highest BCUT2D eigenvalue weighted by Gasteiger charge is 2.31. The second-order valence-electron chi connectivity index (χ2n) is 3.79. The van der Waals surface area contributed by atoms with E-state index in [0.29, 0.717) is 5.69 Å². The lowest BCUT2D eigenvalue weighted by Gasteiger charge is -2.12. The number of alkyl halides is 3. The summed E-state index contributed by atoms with van der Waals surface area (Å²) in [4.78, 5) is 3.77. The van der Waals surface area contributed by atoms with Crippen LogP contribution in [-0.4, -0.2) is 4.98 Å². The van der Waals surface area contributed by atoms with Crippen LogP contribution in [0.5, 0.6) is 0 Å². The van der Waals surface area contributed by atoms with E-state index in [-0.39, 0.29) is 21.0 Å². The lowest BCUT2D eigenvalue weighted by atomic mass is 10.2. The summed E-state index contributed by atoms with van der Waals surface area (Å²) in [6, 6.07) is 6.30. The fourth-order valence-corrected chi connectivity index (χ4v) is 2.02. The van der Waals surface area contributed by atoms with E-state index in [1.54, 1.807) is 18.2 Å². The smallest absolute Gasteiger partial charge is 0.339 e. The van der Waals surface area contributed by atoms with Crippen molar-refractivity contribution >= 4 is 46.3 Å². The quantitative estimate of drug-likeness (QED) is 0.698. The number of rotatable bonds is 2. The van der Waals surface area contributed by atoms with Gasteiger partial charge in [-0.15, -0.1) is 0 Å². The molecule has 0 spiro atoms. The maximum Gasteiger partial charge on any atom is 0.416 e. The molecule has 8 heteroatoms. The Balaban J connectivity index is 2.39. The lowest BCUT2D eigenvalue weighted by molar-refractivity contribution is -0.137. The minimum atomic E-state index is -4.51. The minimum Gasteiger partial charge on any atom is -0.339 e. The zero-order chi connectivity index (χ0) is 14.9. The number of benzene rings is 1. The number of nitrogens with one attached hydrogen (secondary N) is 1. The lowest BCUT2D eigenvalue weighted by Crippen LogP contribution is -2.06. The van der Waals surface area contributed by atoms with Crippen LogP contribution >= 0.6 is 34.8 Å².